The van der Waals surface area contributed by atoms with Crippen LogP contribution in [0.2, 0.25) is 0 Å². The molecule has 0 saturated carbocycles. The van der Waals surface area contributed by atoms with Crippen LogP contribution in [-0.2, 0) is 6.54 Å². The first-order valence-electron chi connectivity index (χ1n) is 7.35. The molecule has 4 heteroatoms. The van der Waals surface area contributed by atoms with E-state index in [2.05, 4.69) is 45.3 Å². The van der Waals surface area contributed by atoms with Crippen molar-refractivity contribution in [3.63, 3.8) is 0 Å². The van der Waals surface area contributed by atoms with Gasteiger partial charge in [0.05, 0.1) is 12.3 Å². The van der Waals surface area contributed by atoms with Crippen LogP contribution in [0.5, 0.6) is 5.75 Å². The third kappa shape index (κ3) is 5.38. The molecule has 1 aromatic carbocycles. The predicted molar refractivity (Wildman–Crippen MR) is 90.7 cm³/mol. The molecule has 0 aliphatic carbocycles. The summed E-state index contributed by atoms with van der Waals surface area (Å²) in [5.41, 5.74) is 2.21. The molecule has 1 heterocycles. The summed E-state index contributed by atoms with van der Waals surface area (Å²) < 4.78 is 6.54. The maximum Gasteiger partial charge on any atom is 0.129 e. The van der Waals surface area contributed by atoms with Gasteiger partial charge in [0.2, 0.25) is 0 Å². The van der Waals surface area contributed by atoms with Crippen molar-refractivity contribution in [3.8, 4) is 5.75 Å². The number of ether oxygens (including phenoxy) is 1. The Morgan fingerprint density at radius 1 is 1.14 bits per heavy atom. The number of hydrogen-bond donors (Lipinski definition) is 1. The Balaban J connectivity index is 1.81. The highest BCUT2D eigenvalue weighted by atomic mass is 79.9. The minimum absolute atomic E-state index is 0.764. The van der Waals surface area contributed by atoms with E-state index < -0.39 is 0 Å². The van der Waals surface area contributed by atoms with Gasteiger partial charge in [-0.3, -0.25) is 0 Å². The Hall–Kier alpha value is -1.55. The molecule has 0 aliphatic rings. The lowest BCUT2D eigenvalue weighted by Crippen LogP contribution is -2.01. The number of anilines is 1. The molecule has 0 spiro atoms. The number of rotatable bonds is 8. The molecule has 21 heavy (non-hydrogen) atoms. The Bertz CT molecular complexity index is 543. The summed E-state index contributed by atoms with van der Waals surface area (Å²) in [5.74, 6) is 0.942. The van der Waals surface area contributed by atoms with Crippen LogP contribution in [0.3, 0.4) is 0 Å². The maximum absolute atomic E-state index is 5.71. The first kappa shape index (κ1) is 15.8. The van der Waals surface area contributed by atoms with E-state index in [9.17, 15) is 0 Å². The second-order valence-corrected chi connectivity index (χ2v) is 5.65. The molecule has 1 N–H and O–H groups in total. The van der Waals surface area contributed by atoms with Gasteiger partial charge in [-0.2, -0.15) is 0 Å². The first-order valence-corrected chi connectivity index (χ1v) is 8.15. The zero-order valence-corrected chi connectivity index (χ0v) is 13.9. The van der Waals surface area contributed by atoms with Gasteiger partial charge in [-0.1, -0.05) is 31.9 Å². The number of unbranched alkanes of at least 4 members (excludes halogenated alkanes) is 2. The van der Waals surface area contributed by atoms with E-state index in [1.807, 2.05) is 24.3 Å². The molecule has 2 rings (SSSR count). The van der Waals surface area contributed by atoms with Crippen molar-refractivity contribution in [3.05, 3.63) is 52.8 Å². The molecule has 0 aliphatic heterocycles. The summed E-state index contributed by atoms with van der Waals surface area (Å²) in [4.78, 5) is 4.19. The number of nitrogens with one attached hydrogen (secondary N) is 1. The van der Waals surface area contributed by atoms with Gasteiger partial charge in [-0.15, -0.1) is 0 Å². The summed E-state index contributed by atoms with van der Waals surface area (Å²) in [6, 6.07) is 12.2. The lowest BCUT2D eigenvalue weighted by molar-refractivity contribution is 0.306. The fraction of sp³-hybridized carbons (Fsp3) is 0.353. The van der Waals surface area contributed by atoms with Crippen molar-refractivity contribution in [2.45, 2.75) is 32.7 Å². The molecule has 0 unspecified atom stereocenters. The molecule has 0 amide bonds. The van der Waals surface area contributed by atoms with E-state index in [0.29, 0.717) is 0 Å². The fourth-order valence-electron chi connectivity index (χ4n) is 1.96. The topological polar surface area (TPSA) is 34.1 Å². The van der Waals surface area contributed by atoms with Crippen LogP contribution in [0.4, 0.5) is 5.69 Å². The maximum atomic E-state index is 5.71. The third-order valence-corrected chi connectivity index (χ3v) is 3.81. The summed E-state index contributed by atoms with van der Waals surface area (Å²) in [6.45, 7) is 3.76. The Kier molecular flexibility index (Phi) is 6.54. The van der Waals surface area contributed by atoms with E-state index in [4.69, 9.17) is 4.74 Å². The van der Waals surface area contributed by atoms with E-state index in [1.165, 1.54) is 18.4 Å². The van der Waals surface area contributed by atoms with E-state index in [-0.39, 0.29) is 0 Å². The van der Waals surface area contributed by atoms with Crippen molar-refractivity contribution in [2.24, 2.45) is 0 Å². The third-order valence-electron chi connectivity index (χ3n) is 3.18. The fourth-order valence-corrected chi connectivity index (χ4v) is 2.35. The van der Waals surface area contributed by atoms with Gasteiger partial charge in [-0.05, 0) is 52.2 Å². The molecule has 112 valence electrons. The van der Waals surface area contributed by atoms with Crippen LogP contribution in [0.15, 0.2) is 47.2 Å². The van der Waals surface area contributed by atoms with Gasteiger partial charge >= 0.3 is 0 Å². The molecule has 0 saturated heterocycles. The van der Waals surface area contributed by atoms with Crippen LogP contribution in [-0.4, -0.2) is 11.6 Å². The smallest absolute Gasteiger partial charge is 0.129 e. The van der Waals surface area contributed by atoms with Crippen LogP contribution >= 0.6 is 15.9 Å². The molecule has 2 aromatic rings. The van der Waals surface area contributed by atoms with Crippen LogP contribution < -0.4 is 10.1 Å². The number of halogens is 1. The molecule has 3 nitrogen and oxygen atoms in total. The van der Waals surface area contributed by atoms with Crippen molar-refractivity contribution < 1.29 is 4.74 Å². The van der Waals surface area contributed by atoms with E-state index in [0.717, 1.165) is 35.6 Å². The largest absolute Gasteiger partial charge is 0.494 e. The molecular formula is C17H21BrN2O. The highest BCUT2D eigenvalue weighted by molar-refractivity contribution is 9.10. The van der Waals surface area contributed by atoms with Gasteiger partial charge < -0.3 is 10.1 Å². The average Bonchev–Trinajstić information content (AvgIpc) is 2.52. The Morgan fingerprint density at radius 2 is 1.95 bits per heavy atom. The first-order chi connectivity index (χ1) is 10.3. The van der Waals surface area contributed by atoms with Crippen molar-refractivity contribution in [1.29, 1.82) is 0 Å². The minimum Gasteiger partial charge on any atom is -0.494 e. The minimum atomic E-state index is 0.764. The van der Waals surface area contributed by atoms with Crippen molar-refractivity contribution in [1.82, 2.24) is 4.98 Å². The number of benzene rings is 1. The summed E-state index contributed by atoms with van der Waals surface area (Å²) in [6.07, 6.45) is 5.33. The summed E-state index contributed by atoms with van der Waals surface area (Å²) in [7, 11) is 0. The zero-order valence-electron chi connectivity index (χ0n) is 12.3. The quantitative estimate of drug-likeness (QED) is 0.536. The van der Waals surface area contributed by atoms with Gasteiger partial charge in [0.1, 0.15) is 10.4 Å². The van der Waals surface area contributed by atoms with Gasteiger partial charge in [-0.25, -0.2) is 4.98 Å². The highest BCUT2D eigenvalue weighted by Crippen LogP contribution is 2.20. The molecule has 0 bridgehead atoms. The van der Waals surface area contributed by atoms with Crippen molar-refractivity contribution in [2.75, 3.05) is 11.9 Å². The monoisotopic (exact) mass is 348 g/mol. The average molecular weight is 349 g/mol. The predicted octanol–water partition coefficient (Wildman–Crippen LogP) is 5.03. The van der Waals surface area contributed by atoms with Gasteiger partial charge in [0.25, 0.3) is 0 Å². The second-order valence-electron chi connectivity index (χ2n) is 4.89. The Morgan fingerprint density at radius 3 is 2.67 bits per heavy atom. The Labute approximate surface area is 134 Å². The van der Waals surface area contributed by atoms with Gasteiger partial charge in [0, 0.05) is 12.7 Å². The van der Waals surface area contributed by atoms with E-state index >= 15 is 0 Å². The lowest BCUT2D eigenvalue weighted by atomic mass is 10.2. The summed E-state index contributed by atoms with van der Waals surface area (Å²) in [5, 5.41) is 3.36. The molecule has 1 aromatic heterocycles. The normalized spacial score (nSPS) is 10.4. The standard InChI is InChI=1S/C17H21BrN2O/c1-2-3-4-12-21-15-9-7-14(8-10-15)13-20-16-6-5-11-19-17(16)18/h5-11,20H,2-4,12-13H2,1H3. The number of nitrogens with zero attached hydrogens (tertiary/aromatic N) is 1. The zero-order chi connectivity index (χ0) is 14.9. The molecule has 0 atom stereocenters. The van der Waals surface area contributed by atoms with Crippen LogP contribution in [0.25, 0.3) is 0 Å². The number of pyridine rings is 1. The number of aromatic nitrogens is 1. The molecule has 0 radical (unpaired) electrons. The highest BCUT2D eigenvalue weighted by Gasteiger charge is 2.00. The van der Waals surface area contributed by atoms with Gasteiger partial charge in [0.15, 0.2) is 0 Å². The van der Waals surface area contributed by atoms with Crippen LogP contribution in [0.1, 0.15) is 31.7 Å². The summed E-state index contributed by atoms with van der Waals surface area (Å²) >= 11 is 3.43. The SMILES string of the molecule is CCCCCOc1ccc(CNc2cccnc2Br)cc1. The van der Waals surface area contributed by atoms with Crippen molar-refractivity contribution >= 4 is 21.6 Å². The van der Waals surface area contributed by atoms with E-state index in [1.54, 1.807) is 6.20 Å². The molecule has 0 fully saturated rings. The van der Waals surface area contributed by atoms with Crippen LogP contribution in [0, 0.1) is 0 Å². The lowest BCUT2D eigenvalue weighted by Gasteiger charge is -2.09. The molecular weight excluding hydrogens is 328 g/mol. The second kappa shape index (κ2) is 8.67. The number of hydrogen-bond acceptors (Lipinski definition) is 3.